The summed E-state index contributed by atoms with van der Waals surface area (Å²) in [6.07, 6.45) is 9.40. The molecule has 0 saturated carbocycles. The molecular formula is C10H23OP. The molecule has 2 unspecified atom stereocenters. The second kappa shape index (κ2) is 9.48. The molecule has 74 valence electrons. The van der Waals surface area contributed by atoms with Gasteiger partial charge in [-0.15, -0.1) is 0 Å². The quantitative estimate of drug-likeness (QED) is 0.459. The lowest BCUT2D eigenvalue weighted by Crippen LogP contribution is -1.91. The van der Waals surface area contributed by atoms with Gasteiger partial charge in [-0.05, 0) is 19.5 Å². The average molecular weight is 190 g/mol. The van der Waals surface area contributed by atoms with Gasteiger partial charge in [0.2, 0.25) is 0 Å². The molecule has 0 saturated heterocycles. The zero-order chi connectivity index (χ0) is 9.23. The van der Waals surface area contributed by atoms with Crippen LogP contribution in [0, 0.1) is 0 Å². The number of aliphatic hydroxyl groups excluding tert-OH is 1. The molecule has 0 radical (unpaired) electrons. The van der Waals surface area contributed by atoms with Crippen molar-refractivity contribution in [1.29, 1.82) is 0 Å². The van der Waals surface area contributed by atoms with E-state index in [1.54, 1.807) is 0 Å². The minimum Gasteiger partial charge on any atom is -0.389 e. The fourth-order valence-electron chi connectivity index (χ4n) is 1.22. The minimum absolute atomic E-state index is 0.0689. The zero-order valence-electron chi connectivity index (χ0n) is 8.47. The molecule has 0 aromatic carbocycles. The Morgan fingerprint density at radius 2 is 1.67 bits per heavy atom. The van der Waals surface area contributed by atoms with Crippen molar-refractivity contribution in [2.45, 2.75) is 58.2 Å². The Bertz CT molecular complexity index is 83.9. The molecule has 0 aliphatic carbocycles. The van der Waals surface area contributed by atoms with Crippen molar-refractivity contribution in [3.63, 3.8) is 0 Å². The highest BCUT2D eigenvalue weighted by Gasteiger charge is 1.94. The molecule has 0 aromatic rings. The smallest absolute Gasteiger partial charge is 0.0674 e. The van der Waals surface area contributed by atoms with Crippen LogP contribution in [0.2, 0.25) is 0 Å². The van der Waals surface area contributed by atoms with Gasteiger partial charge in [0.15, 0.2) is 0 Å². The normalized spacial score (nSPS) is 14.2. The number of hydrogen-bond acceptors (Lipinski definition) is 1. The Morgan fingerprint density at radius 1 is 1.08 bits per heavy atom. The molecule has 12 heavy (non-hydrogen) atoms. The van der Waals surface area contributed by atoms with Gasteiger partial charge >= 0.3 is 0 Å². The van der Waals surface area contributed by atoms with Crippen molar-refractivity contribution in [2.24, 2.45) is 0 Å². The fraction of sp³-hybridized carbons (Fsp3) is 1.00. The first-order valence-electron chi connectivity index (χ1n) is 5.18. The highest BCUT2D eigenvalue weighted by Crippen LogP contribution is 2.18. The molecule has 1 nitrogen and oxygen atoms in total. The largest absolute Gasteiger partial charge is 0.389 e. The Kier molecular flexibility index (Phi) is 9.79. The summed E-state index contributed by atoms with van der Waals surface area (Å²) in [5.41, 5.74) is 0. The Labute approximate surface area is 78.7 Å². The van der Waals surface area contributed by atoms with Crippen LogP contribution in [0.15, 0.2) is 0 Å². The van der Waals surface area contributed by atoms with E-state index >= 15 is 0 Å². The molecule has 0 fully saturated rings. The van der Waals surface area contributed by atoms with E-state index in [0.717, 1.165) is 8.58 Å². The molecule has 0 heterocycles. The molecular weight excluding hydrogens is 167 g/mol. The molecule has 0 aliphatic rings. The summed E-state index contributed by atoms with van der Waals surface area (Å²) in [6, 6.07) is 0. The van der Waals surface area contributed by atoms with E-state index < -0.39 is 0 Å². The molecule has 0 aromatic heterocycles. The van der Waals surface area contributed by atoms with Crippen LogP contribution in [-0.4, -0.2) is 17.1 Å². The van der Waals surface area contributed by atoms with E-state index in [9.17, 15) is 0 Å². The third-order valence-electron chi connectivity index (χ3n) is 1.97. The molecule has 1 N–H and O–H groups in total. The van der Waals surface area contributed by atoms with Crippen molar-refractivity contribution >= 4 is 8.58 Å². The summed E-state index contributed by atoms with van der Waals surface area (Å²) in [5.74, 6) is -0.0689. The van der Waals surface area contributed by atoms with Crippen LogP contribution in [0.1, 0.15) is 52.4 Å². The lowest BCUT2D eigenvalue weighted by molar-refractivity contribution is 0.280. The summed E-state index contributed by atoms with van der Waals surface area (Å²) in [5, 5.41) is 9.01. The highest BCUT2D eigenvalue weighted by atomic mass is 31.1. The molecule has 0 rings (SSSR count). The number of rotatable bonds is 8. The Hall–Kier alpha value is 0.390. The van der Waals surface area contributed by atoms with Gasteiger partial charge in [-0.1, -0.05) is 47.6 Å². The minimum atomic E-state index is -0.0689. The van der Waals surface area contributed by atoms with E-state index in [0.29, 0.717) is 0 Å². The molecule has 0 aliphatic heterocycles. The first-order chi connectivity index (χ1) is 5.77. The third kappa shape index (κ3) is 10.4. The first kappa shape index (κ1) is 12.4. The topological polar surface area (TPSA) is 20.2 Å². The molecule has 0 amide bonds. The molecule has 2 heteroatoms. The van der Waals surface area contributed by atoms with Crippen molar-refractivity contribution in [2.75, 3.05) is 6.16 Å². The van der Waals surface area contributed by atoms with E-state index in [1.165, 1.54) is 44.7 Å². The van der Waals surface area contributed by atoms with Crippen LogP contribution < -0.4 is 0 Å². The standard InChI is InChI=1S/C10H23OP/c1-3-4-5-6-7-8-9-12-10(2)11/h10-12H,3-9H2,1-2H3. The summed E-state index contributed by atoms with van der Waals surface area (Å²) >= 11 is 0. The fourth-order valence-corrected chi connectivity index (χ4v) is 2.09. The van der Waals surface area contributed by atoms with Crippen LogP contribution in [0.25, 0.3) is 0 Å². The zero-order valence-corrected chi connectivity index (χ0v) is 9.47. The Morgan fingerprint density at radius 3 is 2.25 bits per heavy atom. The van der Waals surface area contributed by atoms with Crippen LogP contribution in [0.3, 0.4) is 0 Å². The summed E-state index contributed by atoms with van der Waals surface area (Å²) in [4.78, 5) is 0. The maximum Gasteiger partial charge on any atom is 0.0674 e. The van der Waals surface area contributed by atoms with Crippen LogP contribution in [0.5, 0.6) is 0 Å². The van der Waals surface area contributed by atoms with Gasteiger partial charge in [0.1, 0.15) is 0 Å². The predicted molar refractivity (Wildman–Crippen MR) is 58.2 cm³/mol. The van der Waals surface area contributed by atoms with Crippen LogP contribution in [-0.2, 0) is 0 Å². The van der Waals surface area contributed by atoms with Gasteiger partial charge in [0.25, 0.3) is 0 Å². The van der Waals surface area contributed by atoms with E-state index in [2.05, 4.69) is 6.92 Å². The van der Waals surface area contributed by atoms with Crippen LogP contribution in [0.4, 0.5) is 0 Å². The van der Waals surface area contributed by atoms with E-state index in [1.807, 2.05) is 6.92 Å². The first-order valence-corrected chi connectivity index (χ1v) is 6.47. The summed E-state index contributed by atoms with van der Waals surface area (Å²) in [7, 11) is 0.756. The summed E-state index contributed by atoms with van der Waals surface area (Å²) in [6.45, 7) is 4.13. The lowest BCUT2D eigenvalue weighted by Gasteiger charge is -2.03. The van der Waals surface area contributed by atoms with Gasteiger partial charge in [-0.25, -0.2) is 0 Å². The number of aliphatic hydroxyl groups is 1. The van der Waals surface area contributed by atoms with Gasteiger partial charge in [-0.2, -0.15) is 0 Å². The second-order valence-corrected chi connectivity index (χ2v) is 5.14. The maximum atomic E-state index is 9.01. The SMILES string of the molecule is CCCCCCCCPC(C)O. The Balaban J connectivity index is 2.82. The number of hydrogen-bond donors (Lipinski definition) is 1. The molecule has 2 atom stereocenters. The van der Waals surface area contributed by atoms with Crippen molar-refractivity contribution in [3.8, 4) is 0 Å². The average Bonchev–Trinajstić information content (AvgIpc) is 2.02. The highest BCUT2D eigenvalue weighted by molar-refractivity contribution is 7.38. The predicted octanol–water partition coefficient (Wildman–Crippen LogP) is 3.36. The van der Waals surface area contributed by atoms with Crippen LogP contribution >= 0.6 is 8.58 Å². The number of unbranched alkanes of at least 4 members (excludes halogenated alkanes) is 5. The van der Waals surface area contributed by atoms with Gasteiger partial charge in [0.05, 0.1) is 5.85 Å². The van der Waals surface area contributed by atoms with Gasteiger partial charge in [0, 0.05) is 0 Å². The maximum absolute atomic E-state index is 9.01. The lowest BCUT2D eigenvalue weighted by atomic mass is 10.1. The van der Waals surface area contributed by atoms with Crippen molar-refractivity contribution in [1.82, 2.24) is 0 Å². The van der Waals surface area contributed by atoms with Gasteiger partial charge < -0.3 is 5.11 Å². The van der Waals surface area contributed by atoms with Crippen molar-refractivity contribution in [3.05, 3.63) is 0 Å². The van der Waals surface area contributed by atoms with Gasteiger partial charge in [-0.3, -0.25) is 0 Å². The van der Waals surface area contributed by atoms with E-state index in [4.69, 9.17) is 5.11 Å². The van der Waals surface area contributed by atoms with E-state index in [-0.39, 0.29) is 5.85 Å². The third-order valence-corrected chi connectivity index (χ3v) is 3.20. The molecule has 0 spiro atoms. The summed E-state index contributed by atoms with van der Waals surface area (Å²) < 4.78 is 0. The second-order valence-electron chi connectivity index (χ2n) is 3.40. The monoisotopic (exact) mass is 190 g/mol. The molecule has 0 bridgehead atoms. The van der Waals surface area contributed by atoms with Crippen molar-refractivity contribution < 1.29 is 5.11 Å².